The lowest BCUT2D eigenvalue weighted by Crippen LogP contribution is -2.36. The molecule has 1 aromatic rings. The van der Waals surface area contributed by atoms with Gasteiger partial charge in [-0.05, 0) is 17.7 Å². The number of carbonyl (C=O) groups is 2. The van der Waals surface area contributed by atoms with Crippen molar-refractivity contribution < 1.29 is 14.3 Å². The molecule has 8 heteroatoms. The van der Waals surface area contributed by atoms with Crippen LogP contribution in [0.25, 0.3) is 0 Å². The molecule has 0 unspecified atom stereocenters. The Hall–Kier alpha value is -2.16. The molecule has 2 rings (SSSR count). The Labute approximate surface area is 161 Å². The molecule has 26 heavy (non-hydrogen) atoms. The van der Waals surface area contributed by atoms with E-state index in [4.69, 9.17) is 15.3 Å². The first-order chi connectivity index (χ1) is 12.7. The van der Waals surface area contributed by atoms with Crippen LogP contribution in [0.4, 0.5) is 0 Å². The molecule has 1 aliphatic heterocycles. The molecule has 0 atom stereocenters. The lowest BCUT2D eigenvalue weighted by Gasteiger charge is -2.20. The third kappa shape index (κ3) is 5.98. The molecule has 0 aromatic heterocycles. The summed E-state index contributed by atoms with van der Waals surface area (Å²) >= 11 is 3.78. The standard InChI is InChI=1S/C18H19N3O3S2/c19-7-1-9-21(10-2-8-20)16(22)13-24-17(23)14-3-5-15(6-4-14)18-25-11-12-26-18/h3-6,18H,1-2,9-13H2. The molecule has 1 fully saturated rings. The highest BCUT2D eigenvalue weighted by molar-refractivity contribution is 8.19. The molecule has 0 radical (unpaired) electrons. The van der Waals surface area contributed by atoms with E-state index in [-0.39, 0.29) is 25.9 Å². The second kappa shape index (κ2) is 10.7. The number of nitrogens with zero attached hydrogens (tertiary/aromatic N) is 3. The molecule has 6 nitrogen and oxygen atoms in total. The molecule has 0 bridgehead atoms. The molecule has 0 aliphatic carbocycles. The highest BCUT2D eigenvalue weighted by Crippen LogP contribution is 2.45. The molecule has 136 valence electrons. The minimum atomic E-state index is -0.558. The average Bonchev–Trinajstić information content (AvgIpc) is 3.21. The first-order valence-corrected chi connectivity index (χ1v) is 10.3. The van der Waals surface area contributed by atoms with E-state index in [0.717, 1.165) is 11.5 Å². The van der Waals surface area contributed by atoms with Crippen molar-refractivity contribution in [3.8, 4) is 12.1 Å². The molecule has 1 aromatic carbocycles. The SMILES string of the molecule is N#CCCN(CCC#N)C(=O)COC(=O)c1ccc(C2SCCS2)cc1. The Bertz CT molecular complexity index is 686. The first-order valence-electron chi connectivity index (χ1n) is 8.17. The summed E-state index contributed by atoms with van der Waals surface area (Å²) in [5, 5.41) is 17.3. The Morgan fingerprint density at radius 3 is 2.19 bits per heavy atom. The lowest BCUT2D eigenvalue weighted by atomic mass is 10.1. The summed E-state index contributed by atoms with van der Waals surface area (Å²) in [4.78, 5) is 25.6. The van der Waals surface area contributed by atoms with Gasteiger partial charge in [0.2, 0.25) is 0 Å². The monoisotopic (exact) mass is 389 g/mol. The summed E-state index contributed by atoms with van der Waals surface area (Å²) < 4.78 is 5.50. The van der Waals surface area contributed by atoms with Gasteiger partial charge in [0, 0.05) is 24.6 Å². The van der Waals surface area contributed by atoms with Crippen LogP contribution in [-0.2, 0) is 9.53 Å². The minimum absolute atomic E-state index is 0.170. The van der Waals surface area contributed by atoms with E-state index in [2.05, 4.69) is 0 Å². The smallest absolute Gasteiger partial charge is 0.338 e. The predicted molar refractivity (Wildman–Crippen MR) is 101 cm³/mol. The maximum Gasteiger partial charge on any atom is 0.338 e. The highest BCUT2D eigenvalue weighted by Gasteiger charge is 2.19. The molecular formula is C18H19N3O3S2. The van der Waals surface area contributed by atoms with Crippen LogP contribution in [0.2, 0.25) is 0 Å². The summed E-state index contributed by atoms with van der Waals surface area (Å²) in [7, 11) is 0. The van der Waals surface area contributed by atoms with E-state index in [1.54, 1.807) is 12.1 Å². The summed E-state index contributed by atoms with van der Waals surface area (Å²) in [5.74, 6) is 1.31. The van der Waals surface area contributed by atoms with Crippen LogP contribution in [0.1, 0.15) is 33.3 Å². The van der Waals surface area contributed by atoms with Crippen LogP contribution in [0.5, 0.6) is 0 Å². The van der Waals surface area contributed by atoms with Gasteiger partial charge in [-0.3, -0.25) is 4.79 Å². The zero-order valence-electron chi connectivity index (χ0n) is 14.2. The van der Waals surface area contributed by atoms with Gasteiger partial charge in [-0.2, -0.15) is 10.5 Å². The quantitative estimate of drug-likeness (QED) is 0.631. The van der Waals surface area contributed by atoms with E-state index in [1.165, 1.54) is 10.5 Å². The van der Waals surface area contributed by atoms with Crippen molar-refractivity contribution in [2.45, 2.75) is 17.4 Å². The number of esters is 1. The van der Waals surface area contributed by atoms with E-state index in [0.29, 0.717) is 10.1 Å². The van der Waals surface area contributed by atoms with E-state index in [9.17, 15) is 9.59 Å². The van der Waals surface area contributed by atoms with Crippen LogP contribution in [0, 0.1) is 22.7 Å². The molecule has 1 heterocycles. The third-order valence-electron chi connectivity index (χ3n) is 3.71. The second-order valence-electron chi connectivity index (χ2n) is 5.47. The molecule has 1 aliphatic rings. The summed E-state index contributed by atoms with van der Waals surface area (Å²) in [6.45, 7) is 0.0474. The molecule has 1 saturated heterocycles. The fourth-order valence-electron chi connectivity index (χ4n) is 2.36. The average molecular weight is 390 g/mol. The number of hydrogen-bond donors (Lipinski definition) is 0. The number of nitriles is 2. The molecule has 1 amide bonds. The summed E-state index contributed by atoms with van der Waals surface area (Å²) in [6.07, 6.45) is 0.341. The number of carbonyl (C=O) groups excluding carboxylic acids is 2. The van der Waals surface area contributed by atoms with Crippen molar-refractivity contribution in [1.82, 2.24) is 4.90 Å². The van der Waals surface area contributed by atoms with Crippen molar-refractivity contribution in [1.29, 1.82) is 10.5 Å². The number of amides is 1. The first kappa shape index (κ1) is 20.2. The predicted octanol–water partition coefficient (Wildman–Crippen LogP) is 2.98. The van der Waals surface area contributed by atoms with Gasteiger partial charge < -0.3 is 9.64 Å². The van der Waals surface area contributed by atoms with Crippen LogP contribution in [-0.4, -0.2) is 48.0 Å². The van der Waals surface area contributed by atoms with Crippen LogP contribution in [0.3, 0.4) is 0 Å². The van der Waals surface area contributed by atoms with Gasteiger partial charge in [-0.1, -0.05) is 12.1 Å². The van der Waals surface area contributed by atoms with Crippen LogP contribution in [0.15, 0.2) is 24.3 Å². The van der Waals surface area contributed by atoms with Gasteiger partial charge in [0.05, 0.1) is 35.1 Å². The Morgan fingerprint density at radius 2 is 1.65 bits per heavy atom. The van der Waals surface area contributed by atoms with Crippen molar-refractivity contribution in [2.75, 3.05) is 31.2 Å². The number of hydrogen-bond acceptors (Lipinski definition) is 7. The van der Waals surface area contributed by atoms with Crippen LogP contribution < -0.4 is 0 Å². The molecule has 0 spiro atoms. The molecular weight excluding hydrogens is 370 g/mol. The Morgan fingerprint density at radius 1 is 1.08 bits per heavy atom. The normalized spacial score (nSPS) is 13.6. The van der Waals surface area contributed by atoms with Gasteiger partial charge in [-0.15, -0.1) is 23.5 Å². The van der Waals surface area contributed by atoms with Gasteiger partial charge in [-0.25, -0.2) is 4.79 Å². The van der Waals surface area contributed by atoms with Crippen molar-refractivity contribution in [3.05, 3.63) is 35.4 Å². The molecule has 0 saturated carbocycles. The van der Waals surface area contributed by atoms with E-state index < -0.39 is 18.5 Å². The molecule has 0 N–H and O–H groups in total. The van der Waals surface area contributed by atoms with Crippen molar-refractivity contribution in [2.24, 2.45) is 0 Å². The number of rotatable bonds is 8. The maximum absolute atomic E-state index is 12.1. The fourth-order valence-corrected chi connectivity index (χ4v) is 5.22. The Kier molecular flexibility index (Phi) is 8.33. The largest absolute Gasteiger partial charge is 0.452 e. The highest BCUT2D eigenvalue weighted by atomic mass is 32.2. The fraction of sp³-hybridized carbons (Fsp3) is 0.444. The van der Waals surface area contributed by atoms with Crippen molar-refractivity contribution in [3.63, 3.8) is 0 Å². The van der Waals surface area contributed by atoms with E-state index in [1.807, 2.05) is 47.8 Å². The van der Waals surface area contributed by atoms with Gasteiger partial charge in [0.25, 0.3) is 5.91 Å². The number of benzene rings is 1. The topological polar surface area (TPSA) is 94.2 Å². The zero-order chi connectivity index (χ0) is 18.8. The lowest BCUT2D eigenvalue weighted by molar-refractivity contribution is -0.134. The number of ether oxygens (including phenoxy) is 1. The summed E-state index contributed by atoms with van der Waals surface area (Å²) in [5.41, 5.74) is 1.57. The Balaban J connectivity index is 1.86. The number of thioether (sulfide) groups is 2. The van der Waals surface area contributed by atoms with Gasteiger partial charge in [0.1, 0.15) is 0 Å². The van der Waals surface area contributed by atoms with Gasteiger partial charge in [0.15, 0.2) is 6.61 Å². The second-order valence-corrected chi connectivity index (χ2v) is 8.19. The van der Waals surface area contributed by atoms with Gasteiger partial charge >= 0.3 is 5.97 Å². The van der Waals surface area contributed by atoms with Crippen LogP contribution >= 0.6 is 23.5 Å². The van der Waals surface area contributed by atoms with Crippen molar-refractivity contribution >= 4 is 35.4 Å². The maximum atomic E-state index is 12.1. The zero-order valence-corrected chi connectivity index (χ0v) is 15.9. The summed E-state index contributed by atoms with van der Waals surface area (Å²) in [6, 6.07) is 11.2. The van der Waals surface area contributed by atoms with E-state index >= 15 is 0 Å². The minimum Gasteiger partial charge on any atom is -0.452 e. The third-order valence-corrected chi connectivity index (χ3v) is 6.81.